The highest BCUT2D eigenvalue weighted by Gasteiger charge is 2.42. The zero-order chi connectivity index (χ0) is 15.9. The van der Waals surface area contributed by atoms with Gasteiger partial charge in [-0.05, 0) is 12.1 Å². The molecule has 0 saturated carbocycles. The van der Waals surface area contributed by atoms with Crippen LogP contribution in [0.4, 0.5) is 26.3 Å². The molecule has 0 radical (unpaired) electrons. The second-order valence-electron chi connectivity index (χ2n) is 3.55. The molecule has 1 aromatic carbocycles. The average Bonchev–Trinajstić information content (AvgIpc) is 2.24. The summed E-state index contributed by atoms with van der Waals surface area (Å²) in [4.78, 5) is 21.2. The molecule has 0 saturated heterocycles. The molecular weight excluding hydrogens is 334 g/mol. The van der Waals surface area contributed by atoms with Crippen LogP contribution in [0.5, 0.6) is 0 Å². The fourth-order valence-electron chi connectivity index (χ4n) is 1.42. The summed E-state index contributed by atoms with van der Waals surface area (Å²) in [5.41, 5.74) is -7.27. The fraction of sp³-hybridized carbons (Fsp3) is 0.200. The number of carbonyl (C=O) groups is 2. The van der Waals surface area contributed by atoms with Crippen LogP contribution in [-0.4, -0.2) is 22.2 Å². The summed E-state index contributed by atoms with van der Waals surface area (Å²) in [6.45, 7) is 0. The first-order valence-corrected chi connectivity index (χ1v) is 4.64. The van der Waals surface area contributed by atoms with E-state index in [-0.39, 0.29) is 24.5 Å². The number of hydrogen-bond acceptors (Lipinski definition) is 2. The van der Waals surface area contributed by atoms with Gasteiger partial charge in [0.1, 0.15) is 0 Å². The van der Waals surface area contributed by atoms with Gasteiger partial charge in [-0.25, -0.2) is 9.59 Å². The minimum absolute atomic E-state index is 0. The zero-order valence-electron chi connectivity index (χ0n) is 9.54. The second-order valence-corrected chi connectivity index (χ2v) is 3.55. The largest absolute Gasteiger partial charge is 0.478 e. The normalized spacial score (nSPS) is 11.7. The van der Waals surface area contributed by atoms with Crippen molar-refractivity contribution in [3.63, 3.8) is 0 Å². The fourth-order valence-corrected chi connectivity index (χ4v) is 1.42. The van der Waals surface area contributed by atoms with Crippen molar-refractivity contribution in [1.82, 2.24) is 0 Å². The third-order valence-electron chi connectivity index (χ3n) is 2.23. The van der Waals surface area contributed by atoms with Gasteiger partial charge in [0.25, 0.3) is 0 Å². The lowest BCUT2D eigenvalue weighted by Crippen LogP contribution is -2.20. The Balaban J connectivity index is 0.00000400. The van der Waals surface area contributed by atoms with Crippen LogP contribution in [-0.2, 0) is 12.4 Å². The van der Waals surface area contributed by atoms with Crippen molar-refractivity contribution < 1.29 is 46.1 Å². The summed E-state index contributed by atoms with van der Waals surface area (Å²) in [5, 5.41) is 17.1. The Morgan fingerprint density at radius 3 is 1.14 bits per heavy atom. The zero-order valence-corrected chi connectivity index (χ0v) is 10.4. The molecule has 0 amide bonds. The molecule has 0 aromatic heterocycles. The molecule has 0 aliphatic heterocycles. The molecule has 0 unspecified atom stereocenters. The van der Waals surface area contributed by atoms with E-state index in [0.29, 0.717) is 0 Å². The van der Waals surface area contributed by atoms with Gasteiger partial charge in [-0.1, -0.05) is 0 Å². The molecule has 1 aromatic rings. The van der Waals surface area contributed by atoms with Gasteiger partial charge in [0.2, 0.25) is 0 Å². The highest BCUT2D eigenvalue weighted by atomic mass is 35.5. The van der Waals surface area contributed by atoms with Gasteiger partial charge in [-0.3, -0.25) is 0 Å². The molecule has 1 rings (SSSR count). The summed E-state index contributed by atoms with van der Waals surface area (Å²) < 4.78 is 75.3. The van der Waals surface area contributed by atoms with Crippen molar-refractivity contribution >= 4 is 24.3 Å². The monoisotopic (exact) mass is 338 g/mol. The van der Waals surface area contributed by atoms with Crippen molar-refractivity contribution in [3.8, 4) is 0 Å². The summed E-state index contributed by atoms with van der Waals surface area (Å²) in [5.74, 6) is -4.50. The van der Waals surface area contributed by atoms with Gasteiger partial charge in [-0.2, -0.15) is 26.3 Å². The predicted molar refractivity (Wildman–Crippen MR) is 57.6 cm³/mol. The summed E-state index contributed by atoms with van der Waals surface area (Å²) >= 11 is 0. The number of carboxylic acids is 2. The Morgan fingerprint density at radius 2 is 1.00 bits per heavy atom. The Morgan fingerprint density at radius 1 is 0.762 bits per heavy atom. The summed E-state index contributed by atoms with van der Waals surface area (Å²) in [7, 11) is 0. The van der Waals surface area contributed by atoms with E-state index in [0.717, 1.165) is 0 Å². The number of benzene rings is 1. The summed E-state index contributed by atoms with van der Waals surface area (Å²) in [6.07, 6.45) is -10.6. The summed E-state index contributed by atoms with van der Waals surface area (Å²) in [6, 6.07) is -0.677. The van der Waals surface area contributed by atoms with Crippen LogP contribution in [0.3, 0.4) is 0 Å². The van der Waals surface area contributed by atoms with E-state index in [1.165, 1.54) is 0 Å². The molecule has 4 nitrogen and oxygen atoms in total. The maximum atomic E-state index is 12.5. The van der Waals surface area contributed by atoms with E-state index < -0.39 is 46.5 Å². The Hall–Kier alpha value is -1.97. The topological polar surface area (TPSA) is 74.6 Å². The predicted octanol–water partition coefficient (Wildman–Crippen LogP) is 3.54. The van der Waals surface area contributed by atoms with Crippen LogP contribution in [0.1, 0.15) is 31.8 Å². The van der Waals surface area contributed by atoms with Gasteiger partial charge in [0, 0.05) is 0 Å². The van der Waals surface area contributed by atoms with E-state index in [9.17, 15) is 35.9 Å². The van der Waals surface area contributed by atoms with Crippen molar-refractivity contribution in [2.75, 3.05) is 0 Å². The number of aromatic carboxylic acids is 2. The van der Waals surface area contributed by atoms with Crippen LogP contribution < -0.4 is 0 Å². The number of hydrogen-bond donors (Lipinski definition) is 2. The lowest BCUT2D eigenvalue weighted by molar-refractivity contribution is -0.142. The number of rotatable bonds is 2. The second kappa shape index (κ2) is 5.80. The van der Waals surface area contributed by atoms with Crippen molar-refractivity contribution in [2.24, 2.45) is 0 Å². The number of alkyl halides is 6. The van der Waals surface area contributed by atoms with Gasteiger partial charge in [0.15, 0.2) is 0 Å². The lowest BCUT2D eigenvalue weighted by Gasteiger charge is -2.16. The van der Waals surface area contributed by atoms with Crippen molar-refractivity contribution in [1.29, 1.82) is 0 Å². The van der Waals surface area contributed by atoms with Gasteiger partial charge >= 0.3 is 24.3 Å². The van der Waals surface area contributed by atoms with Gasteiger partial charge in [0.05, 0.1) is 22.3 Å². The molecule has 11 heteroatoms. The number of carboxylic acid groups (broad SMARTS) is 2. The highest BCUT2D eigenvalue weighted by molar-refractivity contribution is 5.95. The van der Waals surface area contributed by atoms with Crippen molar-refractivity contribution in [3.05, 3.63) is 34.4 Å². The first kappa shape index (κ1) is 19.0. The van der Waals surface area contributed by atoms with E-state index in [1.54, 1.807) is 0 Å². The standard InChI is InChI=1S/C10H4F6O4.ClH/c11-9(12,13)5-1-3(7(17)18)6(10(14,15)16)2-4(5)8(19)20;/h1-2H,(H,17,18)(H,19,20);1H. The molecule has 0 aliphatic carbocycles. The molecule has 2 N–H and O–H groups in total. The van der Waals surface area contributed by atoms with Gasteiger partial charge < -0.3 is 10.2 Å². The molecule has 0 atom stereocenters. The average molecular weight is 339 g/mol. The first-order chi connectivity index (χ1) is 8.85. The van der Waals surface area contributed by atoms with E-state index >= 15 is 0 Å². The smallest absolute Gasteiger partial charge is 0.417 e. The van der Waals surface area contributed by atoms with Crippen LogP contribution >= 0.6 is 12.4 Å². The van der Waals surface area contributed by atoms with E-state index in [1.807, 2.05) is 0 Å². The van der Waals surface area contributed by atoms with E-state index in [4.69, 9.17) is 10.2 Å². The minimum atomic E-state index is -5.30. The molecule has 0 fully saturated rings. The van der Waals surface area contributed by atoms with Crippen LogP contribution in [0.15, 0.2) is 12.1 Å². The molecule has 21 heavy (non-hydrogen) atoms. The molecule has 0 heterocycles. The maximum Gasteiger partial charge on any atom is 0.417 e. The molecule has 0 bridgehead atoms. The SMILES string of the molecule is Cl.O=C(O)c1cc(C(F)(F)F)c(C(=O)O)cc1C(F)(F)F. The van der Waals surface area contributed by atoms with E-state index in [2.05, 4.69) is 0 Å². The Labute approximate surface area is 118 Å². The third kappa shape index (κ3) is 4.00. The molecule has 0 aliphatic rings. The Kier molecular flexibility index (Phi) is 5.25. The van der Waals surface area contributed by atoms with Crippen LogP contribution in [0, 0.1) is 0 Å². The van der Waals surface area contributed by atoms with Crippen LogP contribution in [0.25, 0.3) is 0 Å². The van der Waals surface area contributed by atoms with Crippen molar-refractivity contribution in [2.45, 2.75) is 12.4 Å². The lowest BCUT2D eigenvalue weighted by atomic mass is 9.97. The van der Waals surface area contributed by atoms with Crippen LogP contribution in [0.2, 0.25) is 0 Å². The minimum Gasteiger partial charge on any atom is -0.478 e. The van der Waals surface area contributed by atoms with Gasteiger partial charge in [-0.15, -0.1) is 12.4 Å². The molecule has 0 spiro atoms. The third-order valence-corrected chi connectivity index (χ3v) is 2.23. The quantitative estimate of drug-likeness (QED) is 0.809. The first-order valence-electron chi connectivity index (χ1n) is 4.64. The highest BCUT2D eigenvalue weighted by Crippen LogP contribution is 2.38. The molecule has 118 valence electrons. The molecular formula is C10H5ClF6O4. The Bertz CT molecular complexity index is 526. The number of halogens is 7. The maximum absolute atomic E-state index is 12.5.